The Bertz CT molecular complexity index is 589. The maximum absolute atomic E-state index is 2.99. The molecule has 0 spiro atoms. The number of aromatic nitrogens is 1. The Hall–Kier alpha value is -1.14. The molecule has 1 aromatic heterocycles. The van der Waals surface area contributed by atoms with Crippen molar-refractivity contribution in [1.82, 2.24) is 4.98 Å². The van der Waals surface area contributed by atoms with Crippen molar-refractivity contribution in [1.29, 1.82) is 0 Å². The van der Waals surface area contributed by atoms with Crippen LogP contribution in [0, 0.1) is 6.20 Å². The van der Waals surface area contributed by atoms with Gasteiger partial charge in [0.25, 0.3) is 0 Å². The van der Waals surface area contributed by atoms with Gasteiger partial charge < -0.3 is 4.98 Å². The zero-order valence-corrected chi connectivity index (χ0v) is 13.3. The van der Waals surface area contributed by atoms with E-state index in [1.54, 1.807) is 11.1 Å². The van der Waals surface area contributed by atoms with Crippen molar-refractivity contribution in [2.24, 2.45) is 0 Å². The molecule has 0 atom stereocenters. The van der Waals surface area contributed by atoms with E-state index in [9.17, 15) is 0 Å². The third-order valence-electron chi connectivity index (χ3n) is 3.41. The molecule has 2 aromatic carbocycles. The summed E-state index contributed by atoms with van der Waals surface area (Å²) in [6, 6.07) is 18.8. The average Bonchev–Trinajstić information content (AvgIpc) is 3.08. The standard InChI is InChI=1S/C9H10.C8H6N.Zr/c1-2-5-9-7-3-6-8(9)4-1;1-2-4-8-7(3-1)5-6-9-8;/h1-2,4-5H,3,6-7H2;1-5,9H;/q;-1;. The molecule has 1 aliphatic rings. The van der Waals surface area contributed by atoms with Crippen molar-refractivity contribution in [2.75, 3.05) is 0 Å². The molecule has 0 saturated carbocycles. The number of nitrogens with one attached hydrogen (secondary N) is 1. The van der Waals surface area contributed by atoms with Crippen LogP contribution in [0.4, 0.5) is 0 Å². The molecule has 1 heterocycles. The Morgan fingerprint density at radius 3 is 2.16 bits per heavy atom. The molecule has 0 unspecified atom stereocenters. The number of aromatic amines is 1. The molecule has 19 heavy (non-hydrogen) atoms. The van der Waals surface area contributed by atoms with E-state index in [1.165, 1.54) is 24.6 Å². The van der Waals surface area contributed by atoms with Gasteiger partial charge >= 0.3 is 0 Å². The predicted molar refractivity (Wildman–Crippen MR) is 75.6 cm³/mol. The third kappa shape index (κ3) is 3.45. The van der Waals surface area contributed by atoms with Crippen molar-refractivity contribution in [2.45, 2.75) is 19.3 Å². The quantitative estimate of drug-likeness (QED) is 0.598. The molecule has 0 saturated heterocycles. The number of benzene rings is 2. The van der Waals surface area contributed by atoms with Crippen LogP contribution in [-0.4, -0.2) is 4.98 Å². The maximum atomic E-state index is 2.99. The third-order valence-corrected chi connectivity index (χ3v) is 3.41. The monoisotopic (exact) mass is 324 g/mol. The van der Waals surface area contributed by atoms with E-state index in [2.05, 4.69) is 41.5 Å². The molecule has 94 valence electrons. The van der Waals surface area contributed by atoms with Crippen LogP contribution < -0.4 is 0 Å². The summed E-state index contributed by atoms with van der Waals surface area (Å²) in [6.45, 7) is 0. The second-order valence-corrected chi connectivity index (χ2v) is 4.62. The number of hydrogen-bond acceptors (Lipinski definition) is 0. The number of hydrogen-bond donors (Lipinski definition) is 1. The molecular weight excluding hydrogens is 309 g/mol. The van der Waals surface area contributed by atoms with Crippen LogP contribution in [0.1, 0.15) is 17.5 Å². The predicted octanol–water partition coefficient (Wildman–Crippen LogP) is 4.14. The van der Waals surface area contributed by atoms with Gasteiger partial charge in [-0.2, -0.15) is 11.5 Å². The van der Waals surface area contributed by atoms with Crippen LogP contribution in [0.2, 0.25) is 0 Å². The van der Waals surface area contributed by atoms with Gasteiger partial charge in [0.15, 0.2) is 0 Å². The van der Waals surface area contributed by atoms with Crippen LogP contribution >= 0.6 is 0 Å². The van der Waals surface area contributed by atoms with Gasteiger partial charge in [-0.1, -0.05) is 36.4 Å². The topological polar surface area (TPSA) is 15.8 Å². The Labute approximate surface area is 133 Å². The molecule has 0 bridgehead atoms. The van der Waals surface area contributed by atoms with Crippen LogP contribution in [0.5, 0.6) is 0 Å². The molecule has 0 amide bonds. The fourth-order valence-electron chi connectivity index (χ4n) is 2.44. The van der Waals surface area contributed by atoms with Gasteiger partial charge in [-0.3, -0.25) is 0 Å². The van der Waals surface area contributed by atoms with Crippen molar-refractivity contribution in [3.8, 4) is 0 Å². The van der Waals surface area contributed by atoms with Crippen LogP contribution in [0.3, 0.4) is 0 Å². The van der Waals surface area contributed by atoms with Crippen LogP contribution in [0.25, 0.3) is 10.9 Å². The molecule has 1 aliphatic carbocycles. The fourth-order valence-corrected chi connectivity index (χ4v) is 2.44. The largest absolute Gasteiger partial charge is 0.477 e. The zero-order valence-electron chi connectivity index (χ0n) is 10.8. The molecule has 2 heteroatoms. The second kappa shape index (κ2) is 6.86. The summed E-state index contributed by atoms with van der Waals surface area (Å²) in [5, 5.41) is 1.22. The first-order valence-corrected chi connectivity index (χ1v) is 6.44. The number of para-hydroxylation sites is 1. The first-order chi connectivity index (χ1) is 8.93. The zero-order chi connectivity index (χ0) is 12.2. The smallest absolute Gasteiger partial charge is 0 e. The van der Waals surface area contributed by atoms with E-state index >= 15 is 0 Å². The summed E-state index contributed by atoms with van der Waals surface area (Å²) >= 11 is 0. The van der Waals surface area contributed by atoms with Crippen LogP contribution in [-0.2, 0) is 39.0 Å². The van der Waals surface area contributed by atoms with Crippen molar-refractivity contribution >= 4 is 10.9 Å². The molecule has 0 aliphatic heterocycles. The Balaban J connectivity index is 0.000000133. The number of fused-ring (bicyclic) bond motifs is 2. The van der Waals surface area contributed by atoms with Gasteiger partial charge in [-0.25, -0.2) is 0 Å². The summed E-state index contributed by atoms with van der Waals surface area (Å²) in [4.78, 5) is 2.99. The minimum absolute atomic E-state index is 0. The number of aryl methyl sites for hydroxylation is 2. The average molecular weight is 326 g/mol. The summed E-state index contributed by atoms with van der Waals surface area (Å²) < 4.78 is 0. The van der Waals surface area contributed by atoms with Crippen LogP contribution in [0.15, 0.2) is 54.6 Å². The van der Waals surface area contributed by atoms with Gasteiger partial charge in [0, 0.05) is 26.2 Å². The van der Waals surface area contributed by atoms with E-state index in [0.717, 1.165) is 5.52 Å². The Morgan fingerprint density at radius 2 is 1.47 bits per heavy atom. The van der Waals surface area contributed by atoms with Gasteiger partial charge in [-0.05, 0) is 30.4 Å². The van der Waals surface area contributed by atoms with E-state index < -0.39 is 0 Å². The van der Waals surface area contributed by atoms with E-state index in [0.29, 0.717) is 0 Å². The fraction of sp³-hybridized carbons (Fsp3) is 0.176. The number of H-pyrrole nitrogens is 1. The molecule has 3 aromatic rings. The molecule has 1 N–H and O–H groups in total. The van der Waals surface area contributed by atoms with E-state index in [-0.39, 0.29) is 26.2 Å². The summed E-state index contributed by atoms with van der Waals surface area (Å²) in [5.41, 5.74) is 4.28. The van der Waals surface area contributed by atoms with E-state index in [1.807, 2.05) is 24.3 Å². The first kappa shape index (κ1) is 14.3. The van der Waals surface area contributed by atoms with Gasteiger partial charge in [0.05, 0.1) is 0 Å². The first-order valence-electron chi connectivity index (χ1n) is 6.44. The van der Waals surface area contributed by atoms with Gasteiger partial charge in [0.2, 0.25) is 0 Å². The van der Waals surface area contributed by atoms with Gasteiger partial charge in [-0.15, -0.1) is 23.8 Å². The van der Waals surface area contributed by atoms with Crippen molar-refractivity contribution < 1.29 is 26.2 Å². The second-order valence-electron chi connectivity index (χ2n) is 4.62. The normalized spacial score (nSPS) is 12.2. The molecule has 0 radical (unpaired) electrons. The van der Waals surface area contributed by atoms with Crippen molar-refractivity contribution in [3.05, 3.63) is 71.9 Å². The number of rotatable bonds is 0. The van der Waals surface area contributed by atoms with E-state index in [4.69, 9.17) is 0 Å². The summed E-state index contributed by atoms with van der Waals surface area (Å²) in [5.74, 6) is 0. The SMILES string of the molecule is [Zr].[c-]1cc2ccccc2[nH]1.c1ccc2c(c1)CCC2. The summed E-state index contributed by atoms with van der Waals surface area (Å²) in [7, 11) is 0. The molecule has 0 fully saturated rings. The van der Waals surface area contributed by atoms with Gasteiger partial charge in [0.1, 0.15) is 0 Å². The Morgan fingerprint density at radius 1 is 0.842 bits per heavy atom. The molecule has 1 nitrogen and oxygen atoms in total. The minimum Gasteiger partial charge on any atom is -0.477 e. The minimum atomic E-state index is 0. The molecular formula is C17H16NZr-. The van der Waals surface area contributed by atoms with Crippen molar-refractivity contribution in [3.63, 3.8) is 0 Å². The maximum Gasteiger partial charge on any atom is 0 e. The summed E-state index contributed by atoms with van der Waals surface area (Å²) in [6.07, 6.45) is 6.88. The Kier molecular flexibility index (Phi) is 5.16. The molecule has 4 rings (SSSR count).